The maximum Gasteiger partial charge on any atom is 0.416 e. The summed E-state index contributed by atoms with van der Waals surface area (Å²) in [6.07, 6.45) is 1.09. The molecule has 1 aromatic rings. The van der Waals surface area contributed by atoms with Gasteiger partial charge in [0.1, 0.15) is 11.6 Å². The predicted octanol–water partition coefficient (Wildman–Crippen LogP) is 4.52. The van der Waals surface area contributed by atoms with Crippen molar-refractivity contribution in [1.29, 1.82) is 0 Å². The summed E-state index contributed by atoms with van der Waals surface area (Å²) < 4.78 is 38.7. The van der Waals surface area contributed by atoms with Crippen LogP contribution < -0.4 is 10.6 Å². The van der Waals surface area contributed by atoms with Crippen LogP contribution in [0.3, 0.4) is 0 Å². The number of aromatic nitrogens is 1. The number of anilines is 2. The van der Waals surface area contributed by atoms with Crippen LogP contribution in [0.25, 0.3) is 0 Å². The number of alkyl halides is 3. The first-order valence-electron chi connectivity index (χ1n) is 7.46. The van der Waals surface area contributed by atoms with Gasteiger partial charge in [-0.3, -0.25) is 0 Å². The van der Waals surface area contributed by atoms with Crippen molar-refractivity contribution in [2.75, 3.05) is 17.7 Å². The maximum atomic E-state index is 12.9. The number of pyridine rings is 1. The van der Waals surface area contributed by atoms with Gasteiger partial charge in [-0.15, -0.1) is 0 Å². The fourth-order valence-electron chi connectivity index (χ4n) is 2.90. The Hall–Kier alpha value is -1.46. The summed E-state index contributed by atoms with van der Waals surface area (Å²) in [5.74, 6) is 1.19. The van der Waals surface area contributed by atoms with E-state index in [2.05, 4.69) is 22.5 Å². The Balaban J connectivity index is 2.15. The minimum absolute atomic E-state index is 0.212. The van der Waals surface area contributed by atoms with Crippen molar-refractivity contribution in [1.82, 2.24) is 4.98 Å². The van der Waals surface area contributed by atoms with Gasteiger partial charge in [0.15, 0.2) is 0 Å². The van der Waals surface area contributed by atoms with E-state index in [1.54, 1.807) is 7.05 Å². The lowest BCUT2D eigenvalue weighted by Gasteiger charge is -2.29. The Morgan fingerprint density at radius 1 is 1.24 bits per heavy atom. The number of hydrogen-bond acceptors (Lipinski definition) is 3. The Bertz CT molecular complexity index is 474. The van der Waals surface area contributed by atoms with E-state index in [0.717, 1.165) is 37.8 Å². The first-order valence-corrected chi connectivity index (χ1v) is 7.46. The van der Waals surface area contributed by atoms with Crippen molar-refractivity contribution < 1.29 is 13.2 Å². The molecule has 1 aliphatic rings. The minimum atomic E-state index is -4.36. The molecule has 2 atom stereocenters. The van der Waals surface area contributed by atoms with Gasteiger partial charge in [0.2, 0.25) is 0 Å². The molecule has 0 bridgehead atoms. The van der Waals surface area contributed by atoms with E-state index in [-0.39, 0.29) is 11.9 Å². The van der Waals surface area contributed by atoms with Gasteiger partial charge in [0, 0.05) is 13.1 Å². The number of rotatable bonds is 4. The molecule has 3 nitrogen and oxygen atoms in total. The summed E-state index contributed by atoms with van der Waals surface area (Å²) in [4.78, 5) is 4.19. The quantitative estimate of drug-likeness (QED) is 0.858. The topological polar surface area (TPSA) is 37.0 Å². The summed E-state index contributed by atoms with van der Waals surface area (Å²) in [5.41, 5.74) is -0.674. The van der Waals surface area contributed by atoms with E-state index in [1.807, 2.05) is 0 Å². The Labute approximate surface area is 123 Å². The Morgan fingerprint density at radius 2 is 1.95 bits per heavy atom. The van der Waals surface area contributed by atoms with Gasteiger partial charge in [0.25, 0.3) is 0 Å². The molecule has 0 amide bonds. The molecule has 2 unspecified atom stereocenters. The van der Waals surface area contributed by atoms with Crippen LogP contribution in [0.2, 0.25) is 0 Å². The molecule has 0 aromatic carbocycles. The third kappa shape index (κ3) is 4.25. The van der Waals surface area contributed by atoms with Crippen molar-refractivity contribution in [3.8, 4) is 0 Å². The highest BCUT2D eigenvalue weighted by atomic mass is 19.4. The molecule has 2 N–H and O–H groups in total. The standard InChI is InChI=1S/C15H22F3N3/c1-3-10-5-4-6-12(7-10)20-14-9-11(15(16,17)18)8-13(19-2)21-14/h8-10,12H,3-7H2,1-2H3,(H2,19,20,21). The van der Waals surface area contributed by atoms with E-state index < -0.39 is 11.7 Å². The van der Waals surface area contributed by atoms with E-state index in [1.165, 1.54) is 6.42 Å². The molecule has 1 aromatic heterocycles. The molecule has 0 saturated heterocycles. The number of hydrogen-bond donors (Lipinski definition) is 2. The number of nitrogens with zero attached hydrogens (tertiary/aromatic N) is 1. The molecule has 0 radical (unpaired) electrons. The summed E-state index contributed by atoms with van der Waals surface area (Å²) in [7, 11) is 1.57. The average Bonchev–Trinajstić information content (AvgIpc) is 2.46. The maximum absolute atomic E-state index is 12.9. The van der Waals surface area contributed by atoms with E-state index >= 15 is 0 Å². The second kappa shape index (κ2) is 6.54. The van der Waals surface area contributed by atoms with Gasteiger partial charge >= 0.3 is 6.18 Å². The fraction of sp³-hybridized carbons (Fsp3) is 0.667. The minimum Gasteiger partial charge on any atom is -0.373 e. The zero-order valence-corrected chi connectivity index (χ0v) is 12.4. The van der Waals surface area contributed by atoms with Gasteiger partial charge in [-0.2, -0.15) is 13.2 Å². The van der Waals surface area contributed by atoms with Crippen LogP contribution in [0, 0.1) is 5.92 Å². The van der Waals surface area contributed by atoms with E-state index in [4.69, 9.17) is 0 Å². The largest absolute Gasteiger partial charge is 0.416 e. The van der Waals surface area contributed by atoms with Crippen molar-refractivity contribution in [3.05, 3.63) is 17.7 Å². The Kier molecular flexibility index (Phi) is 4.96. The third-order valence-corrected chi connectivity index (χ3v) is 4.12. The normalized spacial score (nSPS) is 22.9. The highest BCUT2D eigenvalue weighted by Gasteiger charge is 2.32. The zero-order chi connectivity index (χ0) is 15.5. The molecule has 6 heteroatoms. The third-order valence-electron chi connectivity index (χ3n) is 4.12. The van der Waals surface area contributed by atoms with E-state index in [0.29, 0.717) is 11.7 Å². The number of halogens is 3. The van der Waals surface area contributed by atoms with Crippen LogP contribution in [0.15, 0.2) is 12.1 Å². The monoisotopic (exact) mass is 301 g/mol. The van der Waals surface area contributed by atoms with Crippen molar-refractivity contribution in [2.24, 2.45) is 5.92 Å². The van der Waals surface area contributed by atoms with Crippen LogP contribution in [-0.4, -0.2) is 18.1 Å². The Morgan fingerprint density at radius 3 is 2.57 bits per heavy atom. The fourth-order valence-corrected chi connectivity index (χ4v) is 2.90. The molecule has 118 valence electrons. The van der Waals surface area contributed by atoms with Gasteiger partial charge in [-0.25, -0.2) is 4.98 Å². The lowest BCUT2D eigenvalue weighted by Crippen LogP contribution is -2.27. The molecule has 2 rings (SSSR count). The van der Waals surface area contributed by atoms with Gasteiger partial charge in [-0.1, -0.05) is 26.2 Å². The first-order chi connectivity index (χ1) is 9.92. The molecular formula is C15H22F3N3. The van der Waals surface area contributed by atoms with Gasteiger partial charge in [-0.05, 0) is 30.9 Å². The molecule has 0 aliphatic heterocycles. The summed E-state index contributed by atoms with van der Waals surface area (Å²) in [5, 5.41) is 5.87. The second-order valence-electron chi connectivity index (χ2n) is 5.66. The van der Waals surface area contributed by atoms with Crippen LogP contribution >= 0.6 is 0 Å². The smallest absolute Gasteiger partial charge is 0.373 e. The van der Waals surface area contributed by atoms with E-state index in [9.17, 15) is 13.2 Å². The highest BCUT2D eigenvalue weighted by Crippen LogP contribution is 2.33. The summed E-state index contributed by atoms with van der Waals surface area (Å²) in [6, 6.07) is 2.33. The zero-order valence-electron chi connectivity index (χ0n) is 12.4. The summed E-state index contributed by atoms with van der Waals surface area (Å²) >= 11 is 0. The number of nitrogens with one attached hydrogen (secondary N) is 2. The average molecular weight is 301 g/mol. The molecule has 0 spiro atoms. The predicted molar refractivity (Wildman–Crippen MR) is 78.4 cm³/mol. The molecule has 1 heterocycles. The SMILES string of the molecule is CCC1CCCC(Nc2cc(C(F)(F)F)cc(NC)n2)C1. The lowest BCUT2D eigenvalue weighted by atomic mass is 9.84. The molecular weight excluding hydrogens is 279 g/mol. The molecule has 1 fully saturated rings. The van der Waals surface area contributed by atoms with Crippen molar-refractivity contribution >= 4 is 11.6 Å². The first kappa shape index (κ1) is 15.9. The van der Waals surface area contributed by atoms with Gasteiger partial charge in [0.05, 0.1) is 5.56 Å². The molecule has 1 aliphatic carbocycles. The second-order valence-corrected chi connectivity index (χ2v) is 5.66. The van der Waals surface area contributed by atoms with Crippen LogP contribution in [0.1, 0.15) is 44.6 Å². The van der Waals surface area contributed by atoms with Crippen LogP contribution in [-0.2, 0) is 6.18 Å². The van der Waals surface area contributed by atoms with Crippen LogP contribution in [0.4, 0.5) is 24.8 Å². The van der Waals surface area contributed by atoms with Gasteiger partial charge < -0.3 is 10.6 Å². The molecule has 1 saturated carbocycles. The van der Waals surface area contributed by atoms with Crippen LogP contribution in [0.5, 0.6) is 0 Å². The van der Waals surface area contributed by atoms with Crippen molar-refractivity contribution in [3.63, 3.8) is 0 Å². The highest BCUT2D eigenvalue weighted by molar-refractivity contribution is 5.50. The summed E-state index contributed by atoms with van der Waals surface area (Å²) in [6.45, 7) is 2.16. The molecule has 21 heavy (non-hydrogen) atoms. The van der Waals surface area contributed by atoms with Crippen molar-refractivity contribution in [2.45, 2.75) is 51.2 Å². The lowest BCUT2D eigenvalue weighted by molar-refractivity contribution is -0.137.